The lowest BCUT2D eigenvalue weighted by atomic mass is 9.89. The quantitative estimate of drug-likeness (QED) is 0.901. The molecule has 2 rings (SSSR count). The lowest BCUT2D eigenvalue weighted by Crippen LogP contribution is -2.13. The van der Waals surface area contributed by atoms with Crippen molar-refractivity contribution in [1.29, 1.82) is 5.26 Å². The first kappa shape index (κ1) is 17.7. The second-order valence-electron chi connectivity index (χ2n) is 7.13. The van der Waals surface area contributed by atoms with Crippen LogP contribution in [0.1, 0.15) is 61.4 Å². The molecule has 0 aliphatic carbocycles. The number of nitrogens with zero attached hydrogens (tertiary/aromatic N) is 3. The van der Waals surface area contributed by atoms with Gasteiger partial charge in [-0.25, -0.2) is 9.48 Å². The molecule has 0 fully saturated rings. The first-order chi connectivity index (χ1) is 11.3. The maximum absolute atomic E-state index is 11.9. The van der Waals surface area contributed by atoms with E-state index in [9.17, 15) is 9.90 Å². The monoisotopic (exact) mass is 325 g/mol. The van der Waals surface area contributed by atoms with Crippen molar-refractivity contribution < 1.29 is 9.90 Å². The molecule has 0 bridgehead atoms. The minimum absolute atomic E-state index is 0.0580. The van der Waals surface area contributed by atoms with Crippen molar-refractivity contribution in [2.24, 2.45) is 5.41 Å². The van der Waals surface area contributed by atoms with Gasteiger partial charge in [0.15, 0.2) is 0 Å². The number of nitriles is 1. The van der Waals surface area contributed by atoms with Gasteiger partial charge >= 0.3 is 5.97 Å². The molecule has 1 aromatic carbocycles. The van der Waals surface area contributed by atoms with E-state index in [1.807, 2.05) is 6.92 Å². The molecule has 0 saturated heterocycles. The first-order valence-electron chi connectivity index (χ1n) is 8.11. The predicted octanol–water partition coefficient (Wildman–Crippen LogP) is 3.98. The van der Waals surface area contributed by atoms with Crippen LogP contribution in [0.2, 0.25) is 0 Å². The summed E-state index contributed by atoms with van der Waals surface area (Å²) in [6.07, 6.45) is 2.06. The molecule has 0 spiro atoms. The van der Waals surface area contributed by atoms with Gasteiger partial charge in [-0.15, -0.1) is 0 Å². The largest absolute Gasteiger partial charge is 0.478 e. The number of carbonyl (C=O) groups is 1. The summed E-state index contributed by atoms with van der Waals surface area (Å²) in [6, 6.07) is 9.13. The third kappa shape index (κ3) is 3.83. The SMILES string of the molecule is CCCc1c(C(=O)O)c(CC(C)(C)C)nn1-c1ccc(C#N)cc1. The number of aromatic nitrogens is 2. The van der Waals surface area contributed by atoms with Crippen molar-refractivity contribution in [1.82, 2.24) is 9.78 Å². The molecule has 5 heteroatoms. The smallest absolute Gasteiger partial charge is 0.339 e. The van der Waals surface area contributed by atoms with Crippen LogP contribution in [0.15, 0.2) is 24.3 Å². The molecule has 2 aromatic rings. The van der Waals surface area contributed by atoms with E-state index in [-0.39, 0.29) is 5.41 Å². The zero-order valence-electron chi connectivity index (χ0n) is 14.6. The molecule has 5 nitrogen and oxygen atoms in total. The maximum atomic E-state index is 11.9. The standard InChI is InChI=1S/C19H23N3O2/c1-5-6-16-17(18(23)24)15(11-19(2,3)4)21-22(16)14-9-7-13(12-20)8-10-14/h7-10H,5-6,11H2,1-4H3,(H,23,24). The number of benzene rings is 1. The minimum atomic E-state index is -0.933. The molecule has 1 N–H and O–H groups in total. The molecule has 24 heavy (non-hydrogen) atoms. The van der Waals surface area contributed by atoms with Gasteiger partial charge in [-0.05, 0) is 42.5 Å². The Hall–Kier alpha value is -2.61. The van der Waals surface area contributed by atoms with Gasteiger partial charge in [0.2, 0.25) is 0 Å². The Morgan fingerprint density at radius 3 is 2.38 bits per heavy atom. The van der Waals surface area contributed by atoms with Crippen LogP contribution in [0.3, 0.4) is 0 Å². The van der Waals surface area contributed by atoms with Gasteiger partial charge in [-0.1, -0.05) is 34.1 Å². The van der Waals surface area contributed by atoms with Crippen molar-refractivity contribution in [2.45, 2.75) is 47.0 Å². The highest BCUT2D eigenvalue weighted by Crippen LogP contribution is 2.27. The average Bonchev–Trinajstić information content (AvgIpc) is 2.84. The number of hydrogen-bond acceptors (Lipinski definition) is 3. The van der Waals surface area contributed by atoms with E-state index in [0.29, 0.717) is 35.4 Å². The summed E-state index contributed by atoms with van der Waals surface area (Å²) in [5.74, 6) is -0.933. The zero-order valence-corrected chi connectivity index (χ0v) is 14.6. The Labute approximate surface area is 142 Å². The second-order valence-corrected chi connectivity index (χ2v) is 7.13. The fourth-order valence-corrected chi connectivity index (χ4v) is 2.73. The van der Waals surface area contributed by atoms with Gasteiger partial charge < -0.3 is 5.11 Å². The van der Waals surface area contributed by atoms with Crippen LogP contribution in [0, 0.1) is 16.7 Å². The van der Waals surface area contributed by atoms with Crippen LogP contribution in [-0.2, 0) is 12.8 Å². The van der Waals surface area contributed by atoms with Gasteiger partial charge in [-0.2, -0.15) is 10.4 Å². The molecular weight excluding hydrogens is 302 g/mol. The van der Waals surface area contributed by atoms with Gasteiger partial charge in [0, 0.05) is 0 Å². The highest BCUT2D eigenvalue weighted by atomic mass is 16.4. The second kappa shape index (κ2) is 6.88. The zero-order chi connectivity index (χ0) is 17.9. The molecule has 0 saturated carbocycles. The Bertz CT molecular complexity index is 775. The third-order valence-corrected chi connectivity index (χ3v) is 3.69. The fourth-order valence-electron chi connectivity index (χ4n) is 2.73. The number of hydrogen-bond donors (Lipinski definition) is 1. The summed E-state index contributed by atoms with van der Waals surface area (Å²) >= 11 is 0. The molecule has 0 aliphatic rings. The predicted molar refractivity (Wildman–Crippen MR) is 92.4 cm³/mol. The van der Waals surface area contributed by atoms with E-state index in [2.05, 4.69) is 31.9 Å². The summed E-state index contributed by atoms with van der Waals surface area (Å²) in [7, 11) is 0. The number of aromatic carboxylic acids is 1. The fraction of sp³-hybridized carbons (Fsp3) is 0.421. The number of carboxylic acids is 1. The van der Waals surface area contributed by atoms with Crippen molar-refractivity contribution in [3.63, 3.8) is 0 Å². The molecule has 0 aliphatic heterocycles. The summed E-state index contributed by atoms with van der Waals surface area (Å²) < 4.78 is 1.72. The van der Waals surface area contributed by atoms with Crippen molar-refractivity contribution in [2.75, 3.05) is 0 Å². The minimum Gasteiger partial charge on any atom is -0.478 e. The number of rotatable bonds is 5. The van der Waals surface area contributed by atoms with Gasteiger partial charge in [0.05, 0.1) is 28.7 Å². The number of carboxylic acid groups (broad SMARTS) is 1. The Kier molecular flexibility index (Phi) is 5.08. The summed E-state index contributed by atoms with van der Waals surface area (Å²) in [6.45, 7) is 8.22. The normalized spacial score (nSPS) is 11.3. The Morgan fingerprint density at radius 2 is 1.92 bits per heavy atom. The lowest BCUT2D eigenvalue weighted by molar-refractivity contribution is 0.0694. The van der Waals surface area contributed by atoms with E-state index in [4.69, 9.17) is 5.26 Å². The molecule has 0 unspecified atom stereocenters. The summed E-state index contributed by atoms with van der Waals surface area (Å²) in [5.41, 5.74) is 2.93. The Balaban J connectivity index is 2.63. The van der Waals surface area contributed by atoms with Crippen LogP contribution in [0.4, 0.5) is 0 Å². The third-order valence-electron chi connectivity index (χ3n) is 3.69. The summed E-state index contributed by atoms with van der Waals surface area (Å²) in [4.78, 5) is 11.9. The van der Waals surface area contributed by atoms with E-state index in [1.165, 1.54) is 0 Å². The highest BCUT2D eigenvalue weighted by Gasteiger charge is 2.26. The lowest BCUT2D eigenvalue weighted by Gasteiger charge is -2.16. The molecular formula is C19H23N3O2. The van der Waals surface area contributed by atoms with Crippen molar-refractivity contribution >= 4 is 5.97 Å². The van der Waals surface area contributed by atoms with Gasteiger partial charge in [0.1, 0.15) is 5.56 Å². The molecule has 1 heterocycles. The average molecular weight is 325 g/mol. The van der Waals surface area contributed by atoms with Crippen LogP contribution in [0.25, 0.3) is 5.69 Å². The van der Waals surface area contributed by atoms with Gasteiger partial charge in [0.25, 0.3) is 0 Å². The van der Waals surface area contributed by atoms with E-state index >= 15 is 0 Å². The van der Waals surface area contributed by atoms with Gasteiger partial charge in [-0.3, -0.25) is 0 Å². The van der Waals surface area contributed by atoms with E-state index < -0.39 is 5.97 Å². The Morgan fingerprint density at radius 1 is 1.29 bits per heavy atom. The van der Waals surface area contributed by atoms with Crippen molar-refractivity contribution in [3.05, 3.63) is 46.8 Å². The van der Waals surface area contributed by atoms with E-state index in [1.54, 1.807) is 28.9 Å². The van der Waals surface area contributed by atoms with Crippen LogP contribution in [-0.4, -0.2) is 20.9 Å². The molecule has 0 radical (unpaired) electrons. The molecule has 126 valence electrons. The molecule has 0 amide bonds. The van der Waals surface area contributed by atoms with Crippen LogP contribution < -0.4 is 0 Å². The molecule has 1 aromatic heterocycles. The maximum Gasteiger partial charge on any atom is 0.339 e. The summed E-state index contributed by atoms with van der Waals surface area (Å²) in [5, 5.41) is 23.3. The van der Waals surface area contributed by atoms with Crippen molar-refractivity contribution in [3.8, 4) is 11.8 Å². The highest BCUT2D eigenvalue weighted by molar-refractivity contribution is 5.90. The van der Waals surface area contributed by atoms with Crippen LogP contribution >= 0.6 is 0 Å². The van der Waals surface area contributed by atoms with Crippen LogP contribution in [0.5, 0.6) is 0 Å². The topological polar surface area (TPSA) is 78.9 Å². The first-order valence-corrected chi connectivity index (χ1v) is 8.11. The van der Waals surface area contributed by atoms with E-state index in [0.717, 1.165) is 12.1 Å². The molecule has 0 atom stereocenters.